The molecule has 0 aliphatic rings. The minimum absolute atomic E-state index is 0.174. The second-order valence-corrected chi connectivity index (χ2v) is 6.38. The van der Waals surface area contributed by atoms with Crippen LogP contribution in [-0.2, 0) is 14.6 Å². The third-order valence-electron chi connectivity index (χ3n) is 2.56. The highest BCUT2D eigenvalue weighted by Gasteiger charge is 2.27. The van der Waals surface area contributed by atoms with Gasteiger partial charge in [-0.2, -0.15) is 13.2 Å². The van der Waals surface area contributed by atoms with Crippen molar-refractivity contribution < 1.29 is 36.2 Å². The van der Waals surface area contributed by atoms with Gasteiger partial charge in [-0.3, -0.25) is 0 Å². The van der Waals surface area contributed by atoms with Crippen LogP contribution >= 0.6 is 0 Å². The third kappa shape index (κ3) is 5.35. The molecule has 1 N–H and O–H groups in total. The highest BCUT2D eigenvalue weighted by atomic mass is 32.2. The van der Waals surface area contributed by atoms with E-state index in [4.69, 9.17) is 5.11 Å². The maximum absolute atomic E-state index is 11.9. The molecular weight excluding hydrogens is 313 g/mol. The molecule has 0 spiro atoms. The molecule has 0 aliphatic heterocycles. The molecule has 118 valence electrons. The lowest BCUT2D eigenvalue weighted by Crippen LogP contribution is -2.20. The summed E-state index contributed by atoms with van der Waals surface area (Å²) in [6.45, 7) is -0.652. The molecule has 9 heteroatoms. The van der Waals surface area contributed by atoms with Crippen molar-refractivity contribution in [2.75, 3.05) is 19.0 Å². The van der Waals surface area contributed by atoms with Crippen LogP contribution in [0, 0.1) is 6.92 Å². The summed E-state index contributed by atoms with van der Waals surface area (Å²) in [7, 11) is -3.91. The zero-order valence-corrected chi connectivity index (χ0v) is 11.8. The van der Waals surface area contributed by atoms with Crippen molar-refractivity contribution in [1.29, 1.82) is 0 Å². The second-order valence-electron chi connectivity index (χ2n) is 4.27. The van der Waals surface area contributed by atoms with Crippen LogP contribution in [0.25, 0.3) is 0 Å². The molecule has 0 saturated heterocycles. The third-order valence-corrected chi connectivity index (χ3v) is 4.24. The average Bonchev–Trinajstić information content (AvgIpc) is 2.33. The van der Waals surface area contributed by atoms with Crippen molar-refractivity contribution in [3.63, 3.8) is 0 Å². The lowest BCUT2D eigenvalue weighted by atomic mass is 10.1. The van der Waals surface area contributed by atoms with E-state index in [0.717, 1.165) is 6.07 Å². The van der Waals surface area contributed by atoms with E-state index in [1.165, 1.54) is 19.1 Å². The fourth-order valence-electron chi connectivity index (χ4n) is 1.50. The van der Waals surface area contributed by atoms with Gasteiger partial charge in [0, 0.05) is 0 Å². The van der Waals surface area contributed by atoms with Crippen LogP contribution < -0.4 is 0 Å². The first kappa shape index (κ1) is 17.4. The van der Waals surface area contributed by atoms with E-state index in [1.54, 1.807) is 0 Å². The van der Waals surface area contributed by atoms with E-state index < -0.39 is 40.9 Å². The normalized spacial score (nSPS) is 12.4. The number of alkyl halides is 3. The fourth-order valence-corrected chi connectivity index (χ4v) is 2.65. The van der Waals surface area contributed by atoms with Gasteiger partial charge < -0.3 is 9.84 Å². The molecule has 21 heavy (non-hydrogen) atoms. The molecule has 1 aromatic carbocycles. The molecule has 0 heterocycles. The summed E-state index contributed by atoms with van der Waals surface area (Å²) >= 11 is 0. The number of carbonyl (C=O) groups is 1. The van der Waals surface area contributed by atoms with Crippen LogP contribution in [0.2, 0.25) is 0 Å². The number of ether oxygens (including phenoxy) is 1. The predicted octanol–water partition coefficient (Wildman–Crippen LogP) is 2.05. The standard InChI is InChI=1S/C12H13F3O5S/c1-8-2-3-9(6-10(8)11(16)17)21(18,19)5-4-20-7-12(13,14)15/h2-3,6H,4-5,7H2,1H3,(H,16,17). The van der Waals surface area contributed by atoms with Crippen molar-refractivity contribution in [3.8, 4) is 0 Å². The summed E-state index contributed by atoms with van der Waals surface area (Å²) in [5.74, 6) is -1.94. The molecule has 0 radical (unpaired) electrons. The molecule has 0 atom stereocenters. The van der Waals surface area contributed by atoms with Gasteiger partial charge in [-0.25, -0.2) is 13.2 Å². The number of hydrogen-bond acceptors (Lipinski definition) is 4. The zero-order chi connectivity index (χ0) is 16.3. The number of benzene rings is 1. The first-order chi connectivity index (χ1) is 9.53. The lowest BCUT2D eigenvalue weighted by Gasteiger charge is -2.09. The Labute approximate surface area is 119 Å². The van der Waals surface area contributed by atoms with Crippen LogP contribution in [0.3, 0.4) is 0 Å². The van der Waals surface area contributed by atoms with Gasteiger partial charge in [0.2, 0.25) is 0 Å². The quantitative estimate of drug-likeness (QED) is 0.809. The van der Waals surface area contributed by atoms with E-state index in [0.29, 0.717) is 5.56 Å². The molecule has 1 rings (SSSR count). The smallest absolute Gasteiger partial charge is 0.411 e. The van der Waals surface area contributed by atoms with Gasteiger partial charge in [0.05, 0.1) is 22.8 Å². The fraction of sp³-hybridized carbons (Fsp3) is 0.417. The molecule has 5 nitrogen and oxygen atoms in total. The summed E-state index contributed by atoms with van der Waals surface area (Å²) < 4.78 is 63.5. The van der Waals surface area contributed by atoms with Gasteiger partial charge in [-0.1, -0.05) is 6.07 Å². The highest BCUT2D eigenvalue weighted by Crippen LogP contribution is 2.18. The number of aromatic carboxylic acids is 1. The maximum atomic E-state index is 11.9. The Morgan fingerprint density at radius 3 is 2.48 bits per heavy atom. The monoisotopic (exact) mass is 326 g/mol. The molecule has 0 aromatic heterocycles. The zero-order valence-electron chi connectivity index (χ0n) is 11.0. The summed E-state index contributed by atoms with van der Waals surface area (Å²) in [6, 6.07) is 3.52. The Balaban J connectivity index is 2.79. The van der Waals surface area contributed by atoms with Crippen molar-refractivity contribution in [3.05, 3.63) is 29.3 Å². The van der Waals surface area contributed by atoms with Crippen molar-refractivity contribution >= 4 is 15.8 Å². The minimum Gasteiger partial charge on any atom is -0.478 e. The maximum Gasteiger partial charge on any atom is 0.411 e. The first-order valence-electron chi connectivity index (χ1n) is 5.74. The van der Waals surface area contributed by atoms with Gasteiger partial charge >= 0.3 is 12.1 Å². The van der Waals surface area contributed by atoms with Gasteiger partial charge in [0.1, 0.15) is 6.61 Å². The van der Waals surface area contributed by atoms with Gasteiger partial charge in [0.15, 0.2) is 9.84 Å². The van der Waals surface area contributed by atoms with E-state index in [9.17, 15) is 26.4 Å². The molecule has 0 saturated carbocycles. The predicted molar refractivity (Wildman–Crippen MR) is 67.1 cm³/mol. The second kappa shape index (κ2) is 6.44. The van der Waals surface area contributed by atoms with Crippen molar-refractivity contribution in [2.24, 2.45) is 0 Å². The number of halogens is 3. The van der Waals surface area contributed by atoms with E-state index in [2.05, 4.69) is 4.74 Å². The number of hydrogen-bond donors (Lipinski definition) is 1. The molecule has 0 unspecified atom stereocenters. The largest absolute Gasteiger partial charge is 0.478 e. The molecule has 1 aromatic rings. The van der Waals surface area contributed by atoms with Crippen molar-refractivity contribution in [1.82, 2.24) is 0 Å². The van der Waals surface area contributed by atoms with Gasteiger partial charge in [0.25, 0.3) is 0 Å². The molecule has 0 bridgehead atoms. The average molecular weight is 326 g/mol. The van der Waals surface area contributed by atoms with Gasteiger partial charge in [-0.15, -0.1) is 0 Å². The number of sulfone groups is 1. The van der Waals surface area contributed by atoms with Crippen LogP contribution in [0.15, 0.2) is 23.1 Å². The Bertz CT molecular complexity index is 622. The Morgan fingerprint density at radius 1 is 1.33 bits per heavy atom. The Hall–Kier alpha value is -1.61. The molecule has 0 amide bonds. The topological polar surface area (TPSA) is 80.7 Å². The van der Waals surface area contributed by atoms with E-state index in [1.807, 2.05) is 0 Å². The van der Waals surface area contributed by atoms with Crippen LogP contribution in [-0.4, -0.2) is 44.6 Å². The molecular formula is C12H13F3O5S. The summed E-state index contributed by atoms with van der Waals surface area (Å²) in [4.78, 5) is 10.7. The molecule has 0 fully saturated rings. The summed E-state index contributed by atoms with van der Waals surface area (Å²) in [5, 5.41) is 8.91. The Kier molecular flexibility index (Phi) is 5.35. The van der Waals surface area contributed by atoms with E-state index in [-0.39, 0.29) is 10.5 Å². The van der Waals surface area contributed by atoms with Crippen molar-refractivity contribution in [2.45, 2.75) is 18.0 Å². The SMILES string of the molecule is Cc1ccc(S(=O)(=O)CCOCC(F)(F)F)cc1C(=O)O. The number of carboxylic acids is 1. The minimum atomic E-state index is -4.52. The number of carboxylic acid groups (broad SMARTS) is 1. The number of aryl methyl sites for hydroxylation is 1. The van der Waals surface area contributed by atoms with E-state index >= 15 is 0 Å². The lowest BCUT2D eigenvalue weighted by molar-refractivity contribution is -0.172. The number of rotatable bonds is 6. The Morgan fingerprint density at radius 2 is 1.95 bits per heavy atom. The first-order valence-corrected chi connectivity index (χ1v) is 7.39. The van der Waals surface area contributed by atoms with Crippen LogP contribution in [0.1, 0.15) is 15.9 Å². The van der Waals surface area contributed by atoms with Crippen LogP contribution in [0.4, 0.5) is 13.2 Å². The summed E-state index contributed by atoms with van der Waals surface area (Å²) in [5.41, 5.74) is 0.210. The van der Waals surface area contributed by atoms with Crippen LogP contribution in [0.5, 0.6) is 0 Å². The highest BCUT2D eigenvalue weighted by molar-refractivity contribution is 7.91. The van der Waals surface area contributed by atoms with Gasteiger partial charge in [-0.05, 0) is 24.6 Å². The molecule has 0 aliphatic carbocycles. The summed E-state index contributed by atoms with van der Waals surface area (Å²) in [6.07, 6.45) is -4.52.